The number of methoxy groups -OCH3 is 2. The number of amides is 1. The number of aromatic carboxylic acids is 1. The lowest BCUT2D eigenvalue weighted by Crippen LogP contribution is -2.48. The second kappa shape index (κ2) is 16.2. The van der Waals surface area contributed by atoms with E-state index in [1.165, 1.54) is 21.4 Å². The molecule has 6 aromatic rings. The summed E-state index contributed by atoms with van der Waals surface area (Å²) in [4.78, 5) is 36.5. The smallest absolute Gasteiger partial charge is 0.356 e. The molecule has 1 fully saturated rings. The molecule has 0 saturated carbocycles. The van der Waals surface area contributed by atoms with Gasteiger partial charge >= 0.3 is 5.97 Å². The van der Waals surface area contributed by atoms with Crippen LogP contribution >= 0.6 is 23.2 Å². The molecule has 282 valence electrons. The molecular formula is C37H39Cl2N9O6. The Bertz CT molecular complexity index is 2270. The topological polar surface area (TPSA) is 161 Å². The molecule has 1 aliphatic rings. The summed E-state index contributed by atoms with van der Waals surface area (Å²) in [5, 5.41) is 21.0. The number of carbonyl (C=O) groups is 2. The lowest BCUT2D eigenvalue weighted by Gasteiger charge is -2.37. The van der Waals surface area contributed by atoms with Crippen LogP contribution in [0.1, 0.15) is 39.0 Å². The van der Waals surface area contributed by atoms with Gasteiger partial charge in [-0.05, 0) is 35.4 Å². The average molecular weight is 777 g/mol. The highest BCUT2D eigenvalue weighted by atomic mass is 35.5. The number of hydrogen-bond acceptors (Lipinski definition) is 11. The molecule has 0 spiro atoms. The van der Waals surface area contributed by atoms with E-state index in [0.717, 1.165) is 28.3 Å². The Balaban J connectivity index is 0.000000189. The Labute approximate surface area is 321 Å². The molecule has 0 atom stereocenters. The van der Waals surface area contributed by atoms with Crippen molar-refractivity contribution >= 4 is 57.7 Å². The molecule has 4 aromatic heterocycles. The molecule has 1 amide bonds. The fraction of sp³-hybridized carbons (Fsp3) is 0.297. The number of ether oxygens (including phenoxy) is 3. The van der Waals surface area contributed by atoms with E-state index in [9.17, 15) is 14.7 Å². The Kier molecular flexibility index (Phi) is 11.4. The van der Waals surface area contributed by atoms with E-state index in [1.807, 2.05) is 72.4 Å². The van der Waals surface area contributed by atoms with Gasteiger partial charge in [0.1, 0.15) is 11.5 Å². The first kappa shape index (κ1) is 38.1. The normalized spacial score (nSPS) is 13.1. The molecule has 0 radical (unpaired) electrons. The standard InChI is InChI=1S/C21H24ClN5O3.C16H15ClN4O3/c1-21(12-30-13-21)11-24-20(28)17-9-23-19-16(8-18(22)25-27(17)19)26(2)10-14-4-6-15(29-3)7-5-14;1-20(9-10-3-5-11(24-2)6-4-10)12-7-14(17)19-21-13(16(22)23)8-18-15(12)21/h4-9H,10-13H2,1-3H3,(H,24,28);3-8H,9H2,1-2H3,(H,22,23). The zero-order valence-corrected chi connectivity index (χ0v) is 31.8. The van der Waals surface area contributed by atoms with Crippen LogP contribution < -0.4 is 24.6 Å². The zero-order valence-electron chi connectivity index (χ0n) is 30.3. The summed E-state index contributed by atoms with van der Waals surface area (Å²) < 4.78 is 18.3. The van der Waals surface area contributed by atoms with Crippen LogP contribution in [0.3, 0.4) is 0 Å². The highest BCUT2D eigenvalue weighted by Gasteiger charge is 2.34. The number of fused-ring (bicyclic) bond motifs is 2. The number of hydrogen-bond donors (Lipinski definition) is 2. The van der Waals surface area contributed by atoms with Crippen molar-refractivity contribution in [3.8, 4) is 11.5 Å². The number of imidazole rings is 2. The molecular weight excluding hydrogens is 737 g/mol. The van der Waals surface area contributed by atoms with Crippen LogP contribution in [0, 0.1) is 5.41 Å². The van der Waals surface area contributed by atoms with Crippen molar-refractivity contribution in [3.63, 3.8) is 0 Å². The number of benzene rings is 2. The predicted molar refractivity (Wildman–Crippen MR) is 204 cm³/mol. The maximum absolute atomic E-state index is 12.7. The summed E-state index contributed by atoms with van der Waals surface area (Å²) in [6, 6.07) is 19.0. The van der Waals surface area contributed by atoms with Crippen molar-refractivity contribution in [3.05, 3.63) is 106 Å². The Morgan fingerprint density at radius 3 is 1.67 bits per heavy atom. The summed E-state index contributed by atoms with van der Waals surface area (Å²) in [5.41, 5.74) is 4.93. The third kappa shape index (κ3) is 8.43. The van der Waals surface area contributed by atoms with E-state index in [1.54, 1.807) is 26.4 Å². The van der Waals surface area contributed by atoms with Crippen LogP contribution in [0.2, 0.25) is 10.3 Å². The van der Waals surface area contributed by atoms with Crippen LogP contribution in [-0.4, -0.2) is 94.3 Å². The number of aromatic nitrogens is 6. The van der Waals surface area contributed by atoms with Gasteiger partial charge in [-0.15, -0.1) is 0 Å². The Morgan fingerprint density at radius 2 is 1.26 bits per heavy atom. The first-order valence-corrected chi connectivity index (χ1v) is 17.5. The van der Waals surface area contributed by atoms with Gasteiger partial charge in [-0.1, -0.05) is 54.4 Å². The van der Waals surface area contributed by atoms with Gasteiger partial charge < -0.3 is 34.4 Å². The zero-order chi connectivity index (χ0) is 38.6. The molecule has 2 aromatic carbocycles. The molecule has 5 heterocycles. The van der Waals surface area contributed by atoms with E-state index in [0.29, 0.717) is 55.5 Å². The van der Waals surface area contributed by atoms with Gasteiger partial charge in [0, 0.05) is 51.3 Å². The number of nitrogens with one attached hydrogen (secondary N) is 1. The summed E-state index contributed by atoms with van der Waals surface area (Å²) in [5.74, 6) is 0.243. The van der Waals surface area contributed by atoms with Gasteiger partial charge in [0.05, 0.1) is 51.2 Å². The molecule has 2 N–H and O–H groups in total. The van der Waals surface area contributed by atoms with Crippen molar-refractivity contribution in [2.24, 2.45) is 5.41 Å². The van der Waals surface area contributed by atoms with Crippen molar-refractivity contribution in [2.75, 3.05) is 57.9 Å². The van der Waals surface area contributed by atoms with E-state index in [-0.39, 0.29) is 27.3 Å². The maximum Gasteiger partial charge on any atom is 0.356 e. The third-order valence-electron chi connectivity index (χ3n) is 8.85. The number of halogens is 2. The average Bonchev–Trinajstić information content (AvgIpc) is 3.78. The van der Waals surface area contributed by atoms with Crippen LogP contribution in [0.25, 0.3) is 11.3 Å². The number of carboxylic acid groups (broad SMARTS) is 1. The number of carboxylic acids is 1. The highest BCUT2D eigenvalue weighted by molar-refractivity contribution is 6.30. The van der Waals surface area contributed by atoms with Crippen molar-refractivity contribution in [1.29, 1.82) is 0 Å². The summed E-state index contributed by atoms with van der Waals surface area (Å²) in [6.07, 6.45) is 2.80. The van der Waals surface area contributed by atoms with Crippen LogP contribution in [0.5, 0.6) is 11.5 Å². The molecule has 1 saturated heterocycles. The second-order valence-corrected chi connectivity index (χ2v) is 13.9. The number of anilines is 2. The van der Waals surface area contributed by atoms with E-state index in [4.69, 9.17) is 37.4 Å². The first-order valence-electron chi connectivity index (χ1n) is 16.7. The highest BCUT2D eigenvalue weighted by Crippen LogP contribution is 2.28. The van der Waals surface area contributed by atoms with E-state index >= 15 is 0 Å². The number of nitrogens with zero attached hydrogens (tertiary/aromatic N) is 8. The summed E-state index contributed by atoms with van der Waals surface area (Å²) >= 11 is 12.3. The Morgan fingerprint density at radius 1 is 0.815 bits per heavy atom. The van der Waals surface area contributed by atoms with Gasteiger partial charge in [-0.2, -0.15) is 10.2 Å². The molecule has 54 heavy (non-hydrogen) atoms. The SMILES string of the molecule is COc1ccc(CN(C)c2cc(Cl)nn3c(C(=O)NCC4(C)COC4)cnc23)cc1.COc1ccc(CN(C)c2cc(Cl)nn3c(C(=O)O)cnc23)cc1. The monoisotopic (exact) mass is 775 g/mol. The van der Waals surface area contributed by atoms with Gasteiger partial charge in [0.2, 0.25) is 0 Å². The fourth-order valence-corrected chi connectivity index (χ4v) is 6.18. The maximum atomic E-state index is 12.7. The van der Waals surface area contributed by atoms with Gasteiger partial charge in [-0.25, -0.2) is 23.8 Å². The van der Waals surface area contributed by atoms with Gasteiger partial charge in [0.25, 0.3) is 5.91 Å². The molecule has 0 aliphatic carbocycles. The number of carbonyl (C=O) groups excluding carboxylic acids is 1. The summed E-state index contributed by atoms with van der Waals surface area (Å²) in [7, 11) is 7.09. The van der Waals surface area contributed by atoms with Crippen molar-refractivity contribution in [2.45, 2.75) is 20.0 Å². The third-order valence-corrected chi connectivity index (χ3v) is 9.21. The quantitative estimate of drug-likeness (QED) is 0.161. The Hall–Kier alpha value is -5.64. The number of rotatable bonds is 12. The van der Waals surface area contributed by atoms with Crippen LogP contribution in [-0.2, 0) is 17.8 Å². The molecule has 17 heteroatoms. The molecule has 15 nitrogen and oxygen atoms in total. The lowest BCUT2D eigenvalue weighted by molar-refractivity contribution is -0.0978. The van der Waals surface area contributed by atoms with E-state index < -0.39 is 5.97 Å². The van der Waals surface area contributed by atoms with E-state index in [2.05, 4.69) is 32.4 Å². The lowest BCUT2D eigenvalue weighted by atomic mass is 9.89. The molecule has 7 rings (SSSR count). The minimum atomic E-state index is -1.11. The summed E-state index contributed by atoms with van der Waals surface area (Å²) in [6.45, 7) is 5.12. The first-order chi connectivity index (χ1) is 25.9. The van der Waals surface area contributed by atoms with Gasteiger partial charge in [-0.3, -0.25) is 4.79 Å². The van der Waals surface area contributed by atoms with Gasteiger partial charge in [0.15, 0.2) is 33.0 Å². The predicted octanol–water partition coefficient (Wildman–Crippen LogP) is 5.52. The second-order valence-electron chi connectivity index (χ2n) is 13.2. The minimum absolute atomic E-state index is 0.0228. The fourth-order valence-electron chi connectivity index (χ4n) is 5.83. The van der Waals surface area contributed by atoms with Crippen molar-refractivity contribution in [1.82, 2.24) is 34.5 Å². The minimum Gasteiger partial charge on any atom is -0.497 e. The molecule has 0 unspecified atom stereocenters. The van der Waals surface area contributed by atoms with Crippen LogP contribution in [0.15, 0.2) is 73.1 Å². The molecule has 0 bridgehead atoms. The largest absolute Gasteiger partial charge is 0.497 e. The molecule has 1 aliphatic heterocycles. The van der Waals surface area contributed by atoms with Crippen LogP contribution in [0.4, 0.5) is 11.4 Å². The van der Waals surface area contributed by atoms with Crippen molar-refractivity contribution < 1.29 is 28.9 Å².